The van der Waals surface area contributed by atoms with Crippen molar-refractivity contribution in [3.63, 3.8) is 0 Å². The van der Waals surface area contributed by atoms with Crippen LogP contribution in [0.5, 0.6) is 0 Å². The van der Waals surface area contributed by atoms with Gasteiger partial charge in [-0.05, 0) is 37.6 Å². The summed E-state index contributed by atoms with van der Waals surface area (Å²) in [5.41, 5.74) is 1.51. The Morgan fingerprint density at radius 2 is 2.05 bits per heavy atom. The molecule has 0 saturated carbocycles. The van der Waals surface area contributed by atoms with Gasteiger partial charge in [0.1, 0.15) is 5.82 Å². The van der Waals surface area contributed by atoms with Crippen LogP contribution in [0, 0.1) is 0 Å². The third-order valence-corrected chi connectivity index (χ3v) is 2.65. The molecule has 2 aromatic heterocycles. The maximum absolute atomic E-state index is 12.2. The van der Waals surface area contributed by atoms with Gasteiger partial charge < -0.3 is 10.6 Å². The van der Waals surface area contributed by atoms with Crippen molar-refractivity contribution < 1.29 is 4.79 Å². The molecule has 20 heavy (non-hydrogen) atoms. The summed E-state index contributed by atoms with van der Waals surface area (Å²) in [6, 6.07) is 7.50. The van der Waals surface area contributed by atoms with E-state index in [4.69, 9.17) is 0 Å². The topological polar surface area (TPSA) is 66.9 Å². The van der Waals surface area contributed by atoms with Crippen LogP contribution in [0.1, 0.15) is 29.8 Å². The van der Waals surface area contributed by atoms with Crippen LogP contribution in [0.4, 0.5) is 5.82 Å². The number of rotatable bonds is 5. The Labute approximate surface area is 118 Å². The van der Waals surface area contributed by atoms with E-state index in [2.05, 4.69) is 20.6 Å². The normalized spacial score (nSPS) is 10.3. The second-order valence-electron chi connectivity index (χ2n) is 4.74. The second kappa shape index (κ2) is 6.65. The first kappa shape index (κ1) is 14.0. The molecule has 0 unspecified atom stereocenters. The van der Waals surface area contributed by atoms with Crippen LogP contribution in [0.25, 0.3) is 0 Å². The maximum atomic E-state index is 12.2. The zero-order chi connectivity index (χ0) is 14.4. The van der Waals surface area contributed by atoms with Crippen molar-refractivity contribution in [2.75, 3.05) is 5.32 Å². The molecule has 0 aromatic carbocycles. The minimum absolute atomic E-state index is 0.148. The molecule has 1 amide bonds. The van der Waals surface area contributed by atoms with Crippen LogP contribution in [-0.4, -0.2) is 21.9 Å². The molecule has 2 aromatic rings. The standard InChI is InChI=1S/C15H18N4O/c1-11(2)19-14-13(6-4-8-17-14)15(20)18-10-12-5-3-7-16-9-12/h3-9,11H,10H2,1-2H3,(H,17,19)(H,18,20). The Balaban J connectivity index is 2.05. The Bertz CT molecular complexity index is 569. The number of nitrogens with one attached hydrogen (secondary N) is 2. The largest absolute Gasteiger partial charge is 0.367 e. The Kier molecular flexibility index (Phi) is 4.65. The Hall–Kier alpha value is -2.43. The average molecular weight is 270 g/mol. The van der Waals surface area contributed by atoms with Crippen LogP contribution in [0.15, 0.2) is 42.9 Å². The predicted molar refractivity (Wildman–Crippen MR) is 78.4 cm³/mol. The minimum Gasteiger partial charge on any atom is -0.367 e. The Morgan fingerprint density at radius 3 is 2.75 bits per heavy atom. The summed E-state index contributed by atoms with van der Waals surface area (Å²) < 4.78 is 0. The quantitative estimate of drug-likeness (QED) is 0.874. The molecule has 0 aliphatic carbocycles. The molecule has 5 heteroatoms. The van der Waals surface area contributed by atoms with E-state index in [1.165, 1.54) is 0 Å². The number of aromatic nitrogens is 2. The Morgan fingerprint density at radius 1 is 1.25 bits per heavy atom. The van der Waals surface area contributed by atoms with Gasteiger partial charge in [-0.1, -0.05) is 6.07 Å². The van der Waals surface area contributed by atoms with Crippen LogP contribution >= 0.6 is 0 Å². The molecule has 0 radical (unpaired) electrons. The third-order valence-electron chi connectivity index (χ3n) is 2.65. The molecule has 104 valence electrons. The lowest BCUT2D eigenvalue weighted by Crippen LogP contribution is -2.25. The lowest BCUT2D eigenvalue weighted by molar-refractivity contribution is 0.0951. The van der Waals surface area contributed by atoms with Crippen LogP contribution in [0.3, 0.4) is 0 Å². The van der Waals surface area contributed by atoms with Crippen molar-refractivity contribution in [2.45, 2.75) is 26.4 Å². The first-order valence-corrected chi connectivity index (χ1v) is 6.55. The minimum atomic E-state index is -0.148. The van der Waals surface area contributed by atoms with Gasteiger partial charge in [0.05, 0.1) is 5.56 Å². The van der Waals surface area contributed by atoms with Crippen LogP contribution < -0.4 is 10.6 Å². The fourth-order valence-corrected chi connectivity index (χ4v) is 1.76. The number of carbonyl (C=O) groups is 1. The molecule has 0 saturated heterocycles. The summed E-state index contributed by atoms with van der Waals surface area (Å²) in [5.74, 6) is 0.455. The molecule has 0 aliphatic heterocycles. The van der Waals surface area contributed by atoms with E-state index in [9.17, 15) is 4.79 Å². The predicted octanol–water partition coefficient (Wildman–Crippen LogP) is 2.23. The molecule has 0 fully saturated rings. The first-order valence-electron chi connectivity index (χ1n) is 6.55. The summed E-state index contributed by atoms with van der Waals surface area (Å²) in [5, 5.41) is 6.04. The average Bonchev–Trinajstić information content (AvgIpc) is 2.46. The summed E-state index contributed by atoms with van der Waals surface area (Å²) in [6.07, 6.45) is 5.11. The molecule has 0 atom stereocenters. The van der Waals surface area contributed by atoms with E-state index in [0.717, 1.165) is 5.56 Å². The van der Waals surface area contributed by atoms with E-state index >= 15 is 0 Å². The first-order chi connectivity index (χ1) is 9.66. The van der Waals surface area contributed by atoms with Gasteiger partial charge in [-0.2, -0.15) is 0 Å². The molecule has 0 spiro atoms. The van der Waals surface area contributed by atoms with Crippen LogP contribution in [-0.2, 0) is 6.54 Å². The summed E-state index contributed by atoms with van der Waals surface area (Å²) in [7, 11) is 0. The molecule has 2 rings (SSSR count). The molecule has 0 bridgehead atoms. The van der Waals surface area contributed by atoms with Crippen molar-refractivity contribution in [3.05, 3.63) is 54.0 Å². The number of nitrogens with zero attached hydrogens (tertiary/aromatic N) is 2. The SMILES string of the molecule is CC(C)Nc1ncccc1C(=O)NCc1cccnc1. The molecule has 5 nitrogen and oxygen atoms in total. The monoisotopic (exact) mass is 270 g/mol. The molecular formula is C15H18N4O. The van der Waals surface area contributed by atoms with E-state index < -0.39 is 0 Å². The van der Waals surface area contributed by atoms with Crippen molar-refractivity contribution in [1.82, 2.24) is 15.3 Å². The van der Waals surface area contributed by atoms with E-state index in [1.54, 1.807) is 30.7 Å². The van der Waals surface area contributed by atoms with Gasteiger partial charge in [0.15, 0.2) is 0 Å². The summed E-state index contributed by atoms with van der Waals surface area (Å²) in [6.45, 7) is 4.46. The highest BCUT2D eigenvalue weighted by Gasteiger charge is 2.12. The van der Waals surface area contributed by atoms with E-state index in [-0.39, 0.29) is 11.9 Å². The van der Waals surface area contributed by atoms with Gasteiger partial charge in [-0.3, -0.25) is 9.78 Å². The lowest BCUT2D eigenvalue weighted by Gasteiger charge is -2.13. The second-order valence-corrected chi connectivity index (χ2v) is 4.74. The highest BCUT2D eigenvalue weighted by Crippen LogP contribution is 2.12. The summed E-state index contributed by atoms with van der Waals surface area (Å²) in [4.78, 5) is 20.4. The smallest absolute Gasteiger partial charge is 0.255 e. The van der Waals surface area contributed by atoms with Gasteiger partial charge in [0.2, 0.25) is 0 Å². The van der Waals surface area contributed by atoms with Gasteiger partial charge in [-0.15, -0.1) is 0 Å². The van der Waals surface area contributed by atoms with Crippen molar-refractivity contribution in [3.8, 4) is 0 Å². The fourth-order valence-electron chi connectivity index (χ4n) is 1.76. The molecule has 0 aliphatic rings. The highest BCUT2D eigenvalue weighted by atomic mass is 16.1. The number of hydrogen-bond acceptors (Lipinski definition) is 4. The lowest BCUT2D eigenvalue weighted by atomic mass is 10.2. The fraction of sp³-hybridized carbons (Fsp3) is 0.267. The number of anilines is 1. The molecule has 2 heterocycles. The van der Waals surface area contributed by atoms with Crippen molar-refractivity contribution in [2.24, 2.45) is 0 Å². The zero-order valence-corrected chi connectivity index (χ0v) is 11.6. The van der Waals surface area contributed by atoms with Gasteiger partial charge >= 0.3 is 0 Å². The maximum Gasteiger partial charge on any atom is 0.255 e. The highest BCUT2D eigenvalue weighted by molar-refractivity contribution is 5.98. The van der Waals surface area contributed by atoms with Crippen molar-refractivity contribution in [1.29, 1.82) is 0 Å². The number of amides is 1. The molecule has 2 N–H and O–H groups in total. The number of hydrogen-bond donors (Lipinski definition) is 2. The third kappa shape index (κ3) is 3.78. The molecular weight excluding hydrogens is 252 g/mol. The van der Waals surface area contributed by atoms with Gasteiger partial charge in [-0.25, -0.2) is 4.98 Å². The van der Waals surface area contributed by atoms with Crippen molar-refractivity contribution >= 4 is 11.7 Å². The van der Waals surface area contributed by atoms with Gasteiger partial charge in [0.25, 0.3) is 5.91 Å². The number of pyridine rings is 2. The van der Waals surface area contributed by atoms with E-state index in [1.807, 2.05) is 26.0 Å². The summed E-state index contributed by atoms with van der Waals surface area (Å²) >= 11 is 0. The number of carbonyl (C=O) groups excluding carboxylic acids is 1. The van der Waals surface area contributed by atoms with E-state index in [0.29, 0.717) is 17.9 Å². The van der Waals surface area contributed by atoms with Crippen LogP contribution in [0.2, 0.25) is 0 Å². The van der Waals surface area contributed by atoms with Gasteiger partial charge in [0, 0.05) is 31.2 Å². The zero-order valence-electron chi connectivity index (χ0n) is 11.6.